The van der Waals surface area contributed by atoms with Gasteiger partial charge in [0, 0.05) is 17.4 Å². The number of fused-ring (bicyclic) bond motifs is 1. The summed E-state index contributed by atoms with van der Waals surface area (Å²) in [7, 11) is 0. The van der Waals surface area contributed by atoms with Gasteiger partial charge in [0.05, 0.1) is 21.9 Å². The first-order valence-electron chi connectivity index (χ1n) is 6.04. The molecule has 2 aromatic rings. The monoisotopic (exact) mass is 318 g/mol. The van der Waals surface area contributed by atoms with Crippen LogP contribution in [0.1, 0.15) is 18.7 Å². The molecule has 6 heteroatoms. The van der Waals surface area contributed by atoms with E-state index in [9.17, 15) is 4.39 Å². The van der Waals surface area contributed by atoms with E-state index in [1.54, 1.807) is 6.07 Å². The molecule has 102 valence electrons. The second-order valence-electron chi connectivity index (χ2n) is 4.89. The third-order valence-electron chi connectivity index (χ3n) is 3.68. The first kappa shape index (κ1) is 13.5. The summed E-state index contributed by atoms with van der Waals surface area (Å²) in [6, 6.07) is 3.02. The van der Waals surface area contributed by atoms with Gasteiger partial charge >= 0.3 is 0 Å². The molecule has 0 unspecified atom stereocenters. The predicted octanol–water partition coefficient (Wildman–Crippen LogP) is 4.46. The van der Waals surface area contributed by atoms with Gasteiger partial charge in [-0.25, -0.2) is 9.37 Å². The van der Waals surface area contributed by atoms with Gasteiger partial charge < -0.3 is 4.57 Å². The maximum atomic E-state index is 13.7. The predicted molar refractivity (Wildman–Crippen MR) is 79.7 cm³/mol. The van der Waals surface area contributed by atoms with Crippen LogP contribution in [0.2, 0.25) is 5.02 Å². The van der Waals surface area contributed by atoms with E-state index in [0.29, 0.717) is 11.4 Å². The minimum Gasteiger partial charge on any atom is -0.325 e. The maximum absolute atomic E-state index is 13.7. The molecule has 1 fully saturated rings. The molecular formula is C13H13Cl2FN2S. The number of alkyl halides is 1. The fourth-order valence-electron chi connectivity index (χ4n) is 2.30. The average molecular weight is 319 g/mol. The molecule has 1 aromatic heterocycles. The molecule has 1 aliphatic rings. The van der Waals surface area contributed by atoms with Crippen molar-refractivity contribution in [2.45, 2.75) is 30.0 Å². The number of imidazole rings is 1. The Morgan fingerprint density at radius 1 is 1.47 bits per heavy atom. The Morgan fingerprint density at radius 3 is 2.79 bits per heavy atom. The second kappa shape index (κ2) is 4.83. The van der Waals surface area contributed by atoms with Crippen LogP contribution in [0, 0.1) is 5.82 Å². The fraction of sp³-hybridized carbons (Fsp3) is 0.462. The molecule has 0 radical (unpaired) electrons. The van der Waals surface area contributed by atoms with Crippen molar-refractivity contribution in [2.75, 3.05) is 6.26 Å². The molecule has 0 atom stereocenters. The molecule has 0 spiro atoms. The van der Waals surface area contributed by atoms with Gasteiger partial charge in [-0.1, -0.05) is 11.6 Å². The van der Waals surface area contributed by atoms with Crippen LogP contribution >= 0.6 is 35.0 Å². The molecule has 0 saturated heterocycles. The van der Waals surface area contributed by atoms with Crippen LogP contribution in [-0.4, -0.2) is 20.6 Å². The average Bonchev–Trinajstić information content (AvgIpc) is 3.10. The quantitative estimate of drug-likeness (QED) is 0.774. The molecule has 0 N–H and O–H groups in total. The molecule has 0 bridgehead atoms. The summed E-state index contributed by atoms with van der Waals surface area (Å²) < 4.78 is 16.0. The fourth-order valence-corrected chi connectivity index (χ4v) is 3.43. The summed E-state index contributed by atoms with van der Waals surface area (Å²) in [5.74, 6) is 0.683. The number of halogens is 3. The van der Waals surface area contributed by atoms with Crippen LogP contribution in [-0.2, 0) is 12.4 Å². The molecule has 0 aliphatic heterocycles. The lowest BCUT2D eigenvalue weighted by Crippen LogP contribution is -2.15. The van der Waals surface area contributed by atoms with E-state index in [-0.39, 0.29) is 9.77 Å². The third kappa shape index (κ3) is 2.34. The Kier molecular flexibility index (Phi) is 3.44. The maximum Gasteiger partial charge on any atom is 0.144 e. The Bertz CT molecular complexity index is 637. The smallest absolute Gasteiger partial charge is 0.144 e. The van der Waals surface area contributed by atoms with E-state index in [1.165, 1.54) is 18.9 Å². The van der Waals surface area contributed by atoms with Crippen LogP contribution in [0.4, 0.5) is 4.39 Å². The molecule has 2 nitrogen and oxygen atoms in total. The van der Waals surface area contributed by atoms with E-state index in [1.807, 2.05) is 16.3 Å². The number of thioether (sulfide) groups is 1. The zero-order valence-electron chi connectivity index (χ0n) is 10.4. The zero-order chi connectivity index (χ0) is 13.6. The van der Waals surface area contributed by atoms with Gasteiger partial charge in [0.25, 0.3) is 0 Å². The molecule has 19 heavy (non-hydrogen) atoms. The van der Waals surface area contributed by atoms with E-state index in [0.717, 1.165) is 17.9 Å². The highest BCUT2D eigenvalue weighted by atomic mass is 35.5. The van der Waals surface area contributed by atoms with Crippen LogP contribution in [0.25, 0.3) is 11.0 Å². The first-order chi connectivity index (χ1) is 9.08. The lowest BCUT2D eigenvalue weighted by Gasteiger charge is -2.15. The van der Waals surface area contributed by atoms with Crippen molar-refractivity contribution < 1.29 is 4.39 Å². The molecule has 0 amide bonds. The lowest BCUT2D eigenvalue weighted by atomic mass is 10.3. The largest absolute Gasteiger partial charge is 0.325 e. The van der Waals surface area contributed by atoms with Crippen molar-refractivity contribution in [1.29, 1.82) is 0 Å². The molecule has 1 aromatic carbocycles. The second-order valence-corrected chi connectivity index (χ2v) is 6.84. The normalized spacial score (nSPS) is 17.1. The highest BCUT2D eigenvalue weighted by molar-refractivity contribution is 8.00. The molecule has 3 rings (SSSR count). The minimum atomic E-state index is -0.412. The van der Waals surface area contributed by atoms with Gasteiger partial charge in [-0.3, -0.25) is 0 Å². The van der Waals surface area contributed by atoms with Crippen LogP contribution < -0.4 is 0 Å². The molecule has 1 heterocycles. The van der Waals surface area contributed by atoms with Crippen molar-refractivity contribution in [3.05, 3.63) is 28.8 Å². The van der Waals surface area contributed by atoms with Crippen molar-refractivity contribution in [3.63, 3.8) is 0 Å². The van der Waals surface area contributed by atoms with Crippen LogP contribution in [0.5, 0.6) is 0 Å². The minimum absolute atomic E-state index is 0.101. The van der Waals surface area contributed by atoms with Crippen molar-refractivity contribution in [1.82, 2.24) is 9.55 Å². The number of nitrogens with zero attached hydrogens (tertiary/aromatic N) is 2. The van der Waals surface area contributed by atoms with E-state index in [4.69, 9.17) is 23.2 Å². The Morgan fingerprint density at radius 2 is 2.21 bits per heavy atom. The summed E-state index contributed by atoms with van der Waals surface area (Å²) in [6.07, 6.45) is 4.49. The van der Waals surface area contributed by atoms with Gasteiger partial charge in [-0.15, -0.1) is 11.6 Å². The summed E-state index contributed by atoms with van der Waals surface area (Å²) in [5, 5.41) is 0.101. The number of aromatic nitrogens is 2. The Labute approximate surface area is 125 Å². The van der Waals surface area contributed by atoms with Gasteiger partial charge in [0.1, 0.15) is 11.6 Å². The Hall–Kier alpha value is -0.450. The van der Waals surface area contributed by atoms with Gasteiger partial charge in [-0.05, 0) is 25.2 Å². The Balaban J connectivity index is 2.12. The van der Waals surface area contributed by atoms with Crippen LogP contribution in [0.15, 0.2) is 12.1 Å². The van der Waals surface area contributed by atoms with Gasteiger partial charge in [0.2, 0.25) is 0 Å². The van der Waals surface area contributed by atoms with Gasteiger partial charge in [-0.2, -0.15) is 11.8 Å². The van der Waals surface area contributed by atoms with Crippen molar-refractivity contribution in [2.24, 2.45) is 0 Å². The topological polar surface area (TPSA) is 17.8 Å². The van der Waals surface area contributed by atoms with Crippen molar-refractivity contribution >= 4 is 46.0 Å². The zero-order valence-corrected chi connectivity index (χ0v) is 12.7. The van der Waals surface area contributed by atoms with E-state index < -0.39 is 5.82 Å². The first-order valence-corrected chi connectivity index (χ1v) is 8.17. The van der Waals surface area contributed by atoms with Crippen molar-refractivity contribution in [3.8, 4) is 0 Å². The number of benzene rings is 1. The van der Waals surface area contributed by atoms with E-state index >= 15 is 0 Å². The molecule has 1 saturated carbocycles. The number of rotatable bonds is 4. The summed E-state index contributed by atoms with van der Waals surface area (Å²) in [4.78, 5) is 4.45. The SMILES string of the molecule is CSC1(Cn2c(CCl)nc3cc(Cl)c(F)cc32)CC1. The molecule has 1 aliphatic carbocycles. The standard InChI is InChI=1S/C13H13Cl2FN2S/c1-19-13(2-3-13)7-18-11-5-9(16)8(15)4-10(11)17-12(18)6-14/h4-5H,2-3,6-7H2,1H3. The summed E-state index contributed by atoms with van der Waals surface area (Å²) in [5.41, 5.74) is 1.48. The molecular weight excluding hydrogens is 306 g/mol. The van der Waals surface area contributed by atoms with Gasteiger partial charge in [0.15, 0.2) is 0 Å². The number of hydrogen-bond donors (Lipinski definition) is 0. The third-order valence-corrected chi connectivity index (χ3v) is 5.61. The highest BCUT2D eigenvalue weighted by Crippen LogP contribution is 2.49. The number of hydrogen-bond acceptors (Lipinski definition) is 2. The summed E-state index contributed by atoms with van der Waals surface area (Å²) >= 11 is 13.6. The van der Waals surface area contributed by atoms with Crippen LogP contribution in [0.3, 0.4) is 0 Å². The summed E-state index contributed by atoms with van der Waals surface area (Å²) in [6.45, 7) is 0.827. The van der Waals surface area contributed by atoms with E-state index in [2.05, 4.69) is 11.2 Å². The lowest BCUT2D eigenvalue weighted by molar-refractivity contribution is 0.624. The highest BCUT2D eigenvalue weighted by Gasteiger charge is 2.42.